The Hall–Kier alpha value is -1.88. The van der Waals surface area contributed by atoms with E-state index < -0.39 is 0 Å². The molecule has 0 aliphatic rings. The summed E-state index contributed by atoms with van der Waals surface area (Å²) in [5.74, 6) is -0.572. The Labute approximate surface area is 101 Å². The van der Waals surface area contributed by atoms with Crippen molar-refractivity contribution >= 4 is 11.8 Å². The molecule has 1 atom stereocenters. The summed E-state index contributed by atoms with van der Waals surface area (Å²) in [5.41, 5.74) is 5.63. The molecule has 0 saturated heterocycles. The largest absolute Gasteiger partial charge is 0.302 e. The van der Waals surface area contributed by atoms with Crippen LogP contribution in [-0.4, -0.2) is 18.4 Å². The molecule has 0 saturated carbocycles. The third-order valence-electron chi connectivity index (χ3n) is 2.25. The maximum atomic E-state index is 11.3. The number of hydrogen-bond donors (Lipinski definition) is 3. The van der Waals surface area contributed by atoms with E-state index in [1.165, 1.54) is 6.92 Å². The van der Waals surface area contributed by atoms with E-state index in [1.54, 1.807) is 0 Å². The Balaban J connectivity index is 2.31. The molecule has 0 fully saturated rings. The summed E-state index contributed by atoms with van der Waals surface area (Å²) in [4.78, 5) is 21.9. The Kier molecular flexibility index (Phi) is 5.16. The smallest absolute Gasteiger partial charge is 0.252 e. The maximum absolute atomic E-state index is 11.3. The number of amides is 2. The number of carbonyl (C=O) groups excluding carboxylic acids is 2. The lowest BCUT2D eigenvalue weighted by atomic mass is 10.1. The van der Waals surface area contributed by atoms with Crippen LogP contribution in [0, 0.1) is 0 Å². The monoisotopic (exact) mass is 235 g/mol. The third-order valence-corrected chi connectivity index (χ3v) is 2.25. The summed E-state index contributed by atoms with van der Waals surface area (Å²) in [5, 5.41) is 3.06. The van der Waals surface area contributed by atoms with E-state index in [-0.39, 0.29) is 24.4 Å². The first kappa shape index (κ1) is 13.2. The molecule has 0 bridgehead atoms. The molecule has 0 heterocycles. The van der Waals surface area contributed by atoms with Crippen molar-refractivity contribution in [3.63, 3.8) is 0 Å². The lowest BCUT2D eigenvalue weighted by Crippen LogP contribution is -2.44. The molecule has 0 aliphatic heterocycles. The van der Waals surface area contributed by atoms with Gasteiger partial charge in [-0.25, -0.2) is 0 Å². The Morgan fingerprint density at radius 2 is 1.82 bits per heavy atom. The summed E-state index contributed by atoms with van der Waals surface area (Å²) in [6, 6.07) is 9.90. The van der Waals surface area contributed by atoms with Crippen molar-refractivity contribution in [1.29, 1.82) is 0 Å². The lowest BCUT2D eigenvalue weighted by molar-refractivity contribution is -0.127. The van der Waals surface area contributed by atoms with E-state index in [9.17, 15) is 9.59 Å². The number of nitrogens with one attached hydrogen (secondary N) is 3. The SMILES string of the molecule is CC(=O)NNC(=O)CN[C@@H](C)c1ccccc1. The first-order valence-corrected chi connectivity index (χ1v) is 5.43. The average Bonchev–Trinajstić information content (AvgIpc) is 2.34. The van der Waals surface area contributed by atoms with Crippen molar-refractivity contribution in [3.05, 3.63) is 35.9 Å². The van der Waals surface area contributed by atoms with Crippen molar-refractivity contribution in [2.75, 3.05) is 6.54 Å². The molecule has 0 aromatic heterocycles. The molecule has 3 N–H and O–H groups in total. The zero-order valence-corrected chi connectivity index (χ0v) is 9.99. The van der Waals surface area contributed by atoms with E-state index in [2.05, 4.69) is 16.2 Å². The Morgan fingerprint density at radius 1 is 1.18 bits per heavy atom. The molecule has 0 unspecified atom stereocenters. The number of hydrogen-bond acceptors (Lipinski definition) is 3. The highest BCUT2D eigenvalue weighted by molar-refractivity contribution is 5.81. The predicted octanol–water partition coefficient (Wildman–Crippen LogP) is 0.505. The third kappa shape index (κ3) is 5.12. The van der Waals surface area contributed by atoms with Gasteiger partial charge in [-0.05, 0) is 12.5 Å². The summed E-state index contributed by atoms with van der Waals surface area (Å²) >= 11 is 0. The van der Waals surface area contributed by atoms with Gasteiger partial charge in [-0.3, -0.25) is 20.4 Å². The van der Waals surface area contributed by atoms with Crippen molar-refractivity contribution in [2.45, 2.75) is 19.9 Å². The highest BCUT2D eigenvalue weighted by Gasteiger charge is 2.06. The Morgan fingerprint density at radius 3 is 2.41 bits per heavy atom. The quantitative estimate of drug-likeness (QED) is 0.666. The number of rotatable bonds is 4. The van der Waals surface area contributed by atoms with Crippen LogP contribution in [0.5, 0.6) is 0 Å². The molecule has 5 nitrogen and oxygen atoms in total. The highest BCUT2D eigenvalue weighted by atomic mass is 16.2. The molecule has 92 valence electrons. The summed E-state index contributed by atoms with van der Waals surface area (Å²) in [7, 11) is 0. The first-order valence-electron chi connectivity index (χ1n) is 5.43. The molecule has 5 heteroatoms. The molecule has 1 rings (SSSR count). The average molecular weight is 235 g/mol. The van der Waals surface area contributed by atoms with Crippen molar-refractivity contribution in [1.82, 2.24) is 16.2 Å². The van der Waals surface area contributed by atoms with Gasteiger partial charge < -0.3 is 5.32 Å². The molecule has 0 aliphatic carbocycles. The molecule has 0 spiro atoms. The van der Waals surface area contributed by atoms with Gasteiger partial charge in [-0.15, -0.1) is 0 Å². The van der Waals surface area contributed by atoms with Crippen LogP contribution in [-0.2, 0) is 9.59 Å². The van der Waals surface area contributed by atoms with Gasteiger partial charge in [0.05, 0.1) is 6.54 Å². The second-order valence-corrected chi connectivity index (χ2v) is 3.74. The Bertz CT molecular complexity index is 379. The molecular formula is C12H17N3O2. The van der Waals surface area contributed by atoms with E-state index in [0.717, 1.165) is 5.56 Å². The van der Waals surface area contributed by atoms with Gasteiger partial charge in [-0.2, -0.15) is 0 Å². The van der Waals surface area contributed by atoms with Crippen LogP contribution in [0.15, 0.2) is 30.3 Å². The minimum atomic E-state index is -0.297. The second kappa shape index (κ2) is 6.65. The van der Waals surface area contributed by atoms with Crippen LogP contribution in [0.1, 0.15) is 25.5 Å². The highest BCUT2D eigenvalue weighted by Crippen LogP contribution is 2.10. The van der Waals surface area contributed by atoms with Gasteiger partial charge in [0.1, 0.15) is 0 Å². The molecule has 0 radical (unpaired) electrons. The van der Waals surface area contributed by atoms with Crippen LogP contribution in [0.3, 0.4) is 0 Å². The summed E-state index contributed by atoms with van der Waals surface area (Å²) in [6.45, 7) is 3.46. The van der Waals surface area contributed by atoms with E-state index in [0.29, 0.717) is 0 Å². The number of carbonyl (C=O) groups is 2. The van der Waals surface area contributed by atoms with E-state index >= 15 is 0 Å². The standard InChI is InChI=1S/C12H17N3O2/c1-9(11-6-4-3-5-7-11)13-8-12(17)15-14-10(2)16/h3-7,9,13H,8H2,1-2H3,(H,14,16)(H,15,17)/t9-/m0/s1. The van der Waals surface area contributed by atoms with Gasteiger partial charge in [0.15, 0.2) is 0 Å². The summed E-state index contributed by atoms with van der Waals surface area (Å²) < 4.78 is 0. The molecular weight excluding hydrogens is 218 g/mol. The van der Waals surface area contributed by atoms with Crippen molar-refractivity contribution in [2.24, 2.45) is 0 Å². The van der Waals surface area contributed by atoms with Crippen LogP contribution in [0.4, 0.5) is 0 Å². The summed E-state index contributed by atoms with van der Waals surface area (Å²) in [6.07, 6.45) is 0. The van der Waals surface area contributed by atoms with E-state index in [4.69, 9.17) is 0 Å². The second-order valence-electron chi connectivity index (χ2n) is 3.74. The molecule has 1 aromatic rings. The minimum Gasteiger partial charge on any atom is -0.302 e. The fraction of sp³-hybridized carbons (Fsp3) is 0.333. The van der Waals surface area contributed by atoms with Crippen LogP contribution < -0.4 is 16.2 Å². The number of hydrazine groups is 1. The fourth-order valence-corrected chi connectivity index (χ4v) is 1.31. The van der Waals surface area contributed by atoms with Gasteiger partial charge in [0.25, 0.3) is 5.91 Å². The minimum absolute atomic E-state index is 0.0827. The molecule has 17 heavy (non-hydrogen) atoms. The van der Waals surface area contributed by atoms with Crippen molar-refractivity contribution < 1.29 is 9.59 Å². The number of benzene rings is 1. The van der Waals surface area contributed by atoms with Gasteiger partial charge in [0.2, 0.25) is 5.91 Å². The van der Waals surface area contributed by atoms with Gasteiger partial charge in [0, 0.05) is 13.0 Å². The molecule has 2 amide bonds. The zero-order chi connectivity index (χ0) is 12.7. The topological polar surface area (TPSA) is 70.2 Å². The zero-order valence-electron chi connectivity index (χ0n) is 9.99. The first-order chi connectivity index (χ1) is 8.09. The van der Waals surface area contributed by atoms with Crippen LogP contribution in [0.25, 0.3) is 0 Å². The van der Waals surface area contributed by atoms with Crippen LogP contribution >= 0.6 is 0 Å². The van der Waals surface area contributed by atoms with Crippen molar-refractivity contribution in [3.8, 4) is 0 Å². The fourth-order valence-electron chi connectivity index (χ4n) is 1.31. The van der Waals surface area contributed by atoms with Crippen LogP contribution in [0.2, 0.25) is 0 Å². The predicted molar refractivity (Wildman–Crippen MR) is 64.8 cm³/mol. The lowest BCUT2D eigenvalue weighted by Gasteiger charge is -2.13. The van der Waals surface area contributed by atoms with Gasteiger partial charge in [-0.1, -0.05) is 30.3 Å². The van der Waals surface area contributed by atoms with Gasteiger partial charge >= 0.3 is 0 Å². The maximum Gasteiger partial charge on any atom is 0.252 e. The molecule has 1 aromatic carbocycles. The van der Waals surface area contributed by atoms with E-state index in [1.807, 2.05) is 37.3 Å². The normalized spacial score (nSPS) is 11.6.